The molecule has 2 aromatic carbocycles. The lowest BCUT2D eigenvalue weighted by Gasteiger charge is -2.16. The summed E-state index contributed by atoms with van der Waals surface area (Å²) in [6.45, 7) is 3.56. The van der Waals surface area contributed by atoms with Gasteiger partial charge in [0.1, 0.15) is 0 Å². The van der Waals surface area contributed by atoms with Gasteiger partial charge < -0.3 is 10.1 Å². The minimum absolute atomic E-state index is 0.0208. The van der Waals surface area contributed by atoms with Gasteiger partial charge in [-0.1, -0.05) is 23.7 Å². The van der Waals surface area contributed by atoms with E-state index in [0.29, 0.717) is 5.02 Å². The second-order valence-electron chi connectivity index (χ2n) is 7.21. The number of hydrogen-bond acceptors (Lipinski definition) is 6. The highest BCUT2D eigenvalue weighted by molar-refractivity contribution is 6.30. The van der Waals surface area contributed by atoms with Crippen molar-refractivity contribution in [1.82, 2.24) is 14.1 Å². The summed E-state index contributed by atoms with van der Waals surface area (Å²) < 4.78 is 21.9. The Labute approximate surface area is 188 Å². The molecule has 0 aliphatic carbocycles. The fraction of sp³-hybridized carbons (Fsp3) is 0.273. The van der Waals surface area contributed by atoms with Crippen molar-refractivity contribution in [3.63, 3.8) is 0 Å². The second-order valence-corrected chi connectivity index (χ2v) is 7.65. The maximum Gasteiger partial charge on any atom is 0.354 e. The average molecular weight is 458 g/mol. The van der Waals surface area contributed by atoms with Crippen molar-refractivity contribution in [2.45, 2.75) is 39.5 Å². The summed E-state index contributed by atoms with van der Waals surface area (Å²) in [6.07, 6.45) is -0.219. The molecule has 1 heterocycles. The third-order valence-corrected chi connectivity index (χ3v) is 4.65. The number of aromatic nitrogens is 3. The third-order valence-electron chi connectivity index (χ3n) is 4.40. The number of rotatable bonds is 8. The smallest absolute Gasteiger partial charge is 0.354 e. The first-order chi connectivity index (χ1) is 15.3. The fourth-order valence-electron chi connectivity index (χ4n) is 2.95. The number of nitriles is 1. The average Bonchev–Trinajstić information content (AvgIpc) is 2.74. The van der Waals surface area contributed by atoms with Crippen LogP contribution < -0.4 is 21.4 Å². The standard InChI is InChI=1S/C22H21ClFN5O3/c1-14(2)32-19-9-8-17(12-18(19)24)26-20-27-21(30)28(11-3-10-25)22(31)29(20)13-15-4-6-16(23)7-5-15/h4-9,12,14H,3,11,13H2,1-2H3,(H,26,27,30). The predicted octanol–water partition coefficient (Wildman–Crippen LogP) is 3.69. The molecule has 0 fully saturated rings. The van der Waals surface area contributed by atoms with E-state index in [-0.39, 0.29) is 43.0 Å². The van der Waals surface area contributed by atoms with Crippen molar-refractivity contribution in [2.75, 3.05) is 5.32 Å². The van der Waals surface area contributed by atoms with Crippen LogP contribution >= 0.6 is 11.6 Å². The molecule has 0 atom stereocenters. The quantitative estimate of drug-likeness (QED) is 0.553. The first kappa shape index (κ1) is 23.0. The lowest BCUT2D eigenvalue weighted by molar-refractivity contribution is 0.231. The summed E-state index contributed by atoms with van der Waals surface area (Å²) in [5, 5.41) is 12.2. The summed E-state index contributed by atoms with van der Waals surface area (Å²) in [5.74, 6) is -0.568. The van der Waals surface area contributed by atoms with E-state index in [1.165, 1.54) is 16.7 Å². The van der Waals surface area contributed by atoms with Crippen LogP contribution in [0.15, 0.2) is 52.1 Å². The predicted molar refractivity (Wildman–Crippen MR) is 119 cm³/mol. The van der Waals surface area contributed by atoms with Gasteiger partial charge in [0.15, 0.2) is 11.6 Å². The molecule has 0 aliphatic rings. The molecule has 0 bridgehead atoms. The molecule has 1 N–H and O–H groups in total. The Morgan fingerprint density at radius 2 is 1.91 bits per heavy atom. The van der Waals surface area contributed by atoms with Crippen molar-refractivity contribution >= 4 is 23.2 Å². The van der Waals surface area contributed by atoms with E-state index in [4.69, 9.17) is 21.6 Å². The highest BCUT2D eigenvalue weighted by atomic mass is 35.5. The highest BCUT2D eigenvalue weighted by Crippen LogP contribution is 2.24. The summed E-state index contributed by atoms with van der Waals surface area (Å²) in [4.78, 5) is 29.4. The molecule has 32 heavy (non-hydrogen) atoms. The van der Waals surface area contributed by atoms with Gasteiger partial charge in [-0.3, -0.25) is 4.57 Å². The zero-order valence-corrected chi connectivity index (χ0v) is 18.3. The van der Waals surface area contributed by atoms with Crippen LogP contribution in [0.5, 0.6) is 5.75 Å². The summed E-state index contributed by atoms with van der Waals surface area (Å²) in [6, 6.07) is 12.9. The normalized spacial score (nSPS) is 10.8. The zero-order chi connectivity index (χ0) is 23.3. The van der Waals surface area contributed by atoms with Crippen molar-refractivity contribution in [3.8, 4) is 11.8 Å². The molecule has 0 unspecified atom stereocenters. The first-order valence-electron chi connectivity index (χ1n) is 9.84. The second kappa shape index (κ2) is 10.1. The zero-order valence-electron chi connectivity index (χ0n) is 17.5. The van der Waals surface area contributed by atoms with Crippen LogP contribution in [0.4, 0.5) is 16.0 Å². The van der Waals surface area contributed by atoms with E-state index < -0.39 is 17.2 Å². The topological polar surface area (TPSA) is 102 Å². The van der Waals surface area contributed by atoms with Crippen LogP contribution in [0.3, 0.4) is 0 Å². The van der Waals surface area contributed by atoms with Crippen molar-refractivity contribution in [2.24, 2.45) is 0 Å². The number of anilines is 2. The Hall–Kier alpha value is -3.64. The van der Waals surface area contributed by atoms with Crippen molar-refractivity contribution in [3.05, 3.63) is 79.8 Å². The van der Waals surface area contributed by atoms with Crippen LogP contribution in [-0.4, -0.2) is 20.2 Å². The molecule has 0 aliphatic heterocycles. The monoisotopic (exact) mass is 457 g/mol. The molecule has 0 saturated carbocycles. The van der Waals surface area contributed by atoms with Crippen LogP contribution in [0, 0.1) is 17.1 Å². The number of hydrogen-bond donors (Lipinski definition) is 1. The third kappa shape index (κ3) is 5.53. The minimum Gasteiger partial charge on any atom is -0.488 e. The minimum atomic E-state index is -0.805. The molecule has 8 nitrogen and oxygen atoms in total. The maximum atomic E-state index is 14.4. The molecule has 3 rings (SSSR count). The van der Waals surface area contributed by atoms with Gasteiger partial charge in [0.05, 0.1) is 25.1 Å². The summed E-state index contributed by atoms with van der Waals surface area (Å²) in [7, 11) is 0. The van der Waals surface area contributed by atoms with Crippen molar-refractivity contribution in [1.29, 1.82) is 5.26 Å². The molecule has 1 aromatic heterocycles. The maximum absolute atomic E-state index is 14.4. The molecule has 0 radical (unpaired) electrons. The fourth-order valence-corrected chi connectivity index (χ4v) is 3.08. The molecule has 3 aromatic rings. The van der Waals surface area contributed by atoms with Crippen LogP contribution in [0.1, 0.15) is 25.8 Å². The SMILES string of the molecule is CC(C)Oc1ccc(Nc2nc(=O)n(CCC#N)c(=O)n2Cc2ccc(Cl)cc2)cc1F. The Balaban J connectivity index is 2.03. The van der Waals surface area contributed by atoms with Gasteiger partial charge in [-0.2, -0.15) is 10.2 Å². The molecule has 0 amide bonds. The highest BCUT2D eigenvalue weighted by Gasteiger charge is 2.15. The molecular weight excluding hydrogens is 437 g/mol. The first-order valence-corrected chi connectivity index (χ1v) is 10.2. The van der Waals surface area contributed by atoms with E-state index in [1.807, 2.05) is 6.07 Å². The number of nitrogens with one attached hydrogen (secondary N) is 1. The molecule has 0 saturated heterocycles. The van der Waals surface area contributed by atoms with E-state index in [9.17, 15) is 14.0 Å². The Bertz CT molecular complexity index is 1260. The van der Waals surface area contributed by atoms with Gasteiger partial charge in [-0.15, -0.1) is 0 Å². The van der Waals surface area contributed by atoms with E-state index >= 15 is 0 Å². The number of nitrogens with zero attached hydrogens (tertiary/aromatic N) is 4. The lowest BCUT2D eigenvalue weighted by atomic mass is 10.2. The van der Waals surface area contributed by atoms with Crippen LogP contribution in [0.25, 0.3) is 0 Å². The number of halogens is 2. The van der Waals surface area contributed by atoms with Crippen LogP contribution in [0.2, 0.25) is 5.02 Å². The molecule has 10 heteroatoms. The van der Waals surface area contributed by atoms with Crippen LogP contribution in [-0.2, 0) is 13.1 Å². The van der Waals surface area contributed by atoms with Gasteiger partial charge in [-0.25, -0.2) is 18.5 Å². The van der Waals surface area contributed by atoms with Crippen molar-refractivity contribution < 1.29 is 9.13 Å². The molecular formula is C22H21ClFN5O3. The lowest BCUT2D eigenvalue weighted by Crippen LogP contribution is -2.42. The van der Waals surface area contributed by atoms with Gasteiger partial charge in [0.2, 0.25) is 5.95 Å². The van der Waals surface area contributed by atoms with Gasteiger partial charge in [-0.05, 0) is 43.7 Å². The van der Waals surface area contributed by atoms with E-state index in [1.54, 1.807) is 44.2 Å². The van der Waals surface area contributed by atoms with E-state index in [2.05, 4.69) is 10.3 Å². The van der Waals surface area contributed by atoms with E-state index in [0.717, 1.165) is 10.1 Å². The molecule has 166 valence electrons. The Morgan fingerprint density at radius 1 is 1.19 bits per heavy atom. The molecule has 0 spiro atoms. The van der Waals surface area contributed by atoms with Gasteiger partial charge in [0.25, 0.3) is 0 Å². The Morgan fingerprint density at radius 3 is 2.53 bits per heavy atom. The largest absolute Gasteiger partial charge is 0.488 e. The van der Waals surface area contributed by atoms with Gasteiger partial charge in [0, 0.05) is 23.3 Å². The summed E-state index contributed by atoms with van der Waals surface area (Å²) in [5.41, 5.74) is -0.429. The number of ether oxygens (including phenoxy) is 1. The van der Waals surface area contributed by atoms with Gasteiger partial charge >= 0.3 is 11.4 Å². The Kier molecular flexibility index (Phi) is 7.28. The number of benzene rings is 2. The summed E-state index contributed by atoms with van der Waals surface area (Å²) >= 11 is 5.93.